The van der Waals surface area contributed by atoms with Gasteiger partial charge in [-0.3, -0.25) is 0 Å². The minimum Gasteiger partial charge on any atom is -0.444 e. The second-order valence-electron chi connectivity index (χ2n) is 4.04. The maximum Gasteiger partial charge on any atom is 0.415 e. The van der Waals surface area contributed by atoms with Crippen molar-refractivity contribution in [3.63, 3.8) is 0 Å². The van der Waals surface area contributed by atoms with Gasteiger partial charge in [0.25, 0.3) is 0 Å². The van der Waals surface area contributed by atoms with Gasteiger partial charge in [0.05, 0.1) is 0 Å². The molecule has 2 N–H and O–H groups in total. The second kappa shape index (κ2) is 5.40. The molecule has 1 aromatic carbocycles. The van der Waals surface area contributed by atoms with Crippen molar-refractivity contribution in [3.8, 4) is 0 Å². The molecule has 2 aromatic rings. The number of benzene rings is 1. The van der Waals surface area contributed by atoms with Gasteiger partial charge in [-0.25, -0.2) is 0 Å². The number of fused-ring (bicyclic) bond motifs is 1. The predicted octanol–water partition coefficient (Wildman–Crippen LogP) is 3.10. The third kappa shape index (κ3) is 3.20. The summed E-state index contributed by atoms with van der Waals surface area (Å²) in [4.78, 5) is 0. The number of nitrogens with one attached hydrogen (secondary N) is 1. The first-order chi connectivity index (χ1) is 8.89. The number of hydrogen-bond acceptors (Lipinski definition) is 3. The summed E-state index contributed by atoms with van der Waals surface area (Å²) in [7, 11) is 0. The third-order valence-corrected chi connectivity index (χ3v) is 2.97. The van der Waals surface area contributed by atoms with Crippen LogP contribution in [0.2, 0.25) is 5.22 Å². The Balaban J connectivity index is 2.04. The number of furan rings is 1. The number of alkyl halides is 3. The van der Waals surface area contributed by atoms with Gasteiger partial charge in [0, 0.05) is 24.0 Å². The molecule has 104 valence electrons. The van der Waals surface area contributed by atoms with Crippen molar-refractivity contribution in [2.24, 2.45) is 0 Å². The SMILES string of the molecule is OC(CNCc1c(Cl)oc2ccccc12)C(F)(F)F. The van der Waals surface area contributed by atoms with Gasteiger partial charge in [-0.2, -0.15) is 13.2 Å². The van der Waals surface area contributed by atoms with Crippen LogP contribution in [0.1, 0.15) is 5.56 Å². The Morgan fingerprint density at radius 2 is 2.00 bits per heavy atom. The van der Waals surface area contributed by atoms with Crippen molar-refractivity contribution in [3.05, 3.63) is 35.0 Å². The number of rotatable bonds is 4. The summed E-state index contributed by atoms with van der Waals surface area (Å²) in [5.41, 5.74) is 1.15. The van der Waals surface area contributed by atoms with Gasteiger partial charge in [0.15, 0.2) is 11.3 Å². The molecule has 0 aliphatic heterocycles. The number of aliphatic hydroxyl groups excluding tert-OH is 1. The van der Waals surface area contributed by atoms with Crippen molar-refractivity contribution in [2.45, 2.75) is 18.8 Å². The third-order valence-electron chi connectivity index (χ3n) is 2.67. The van der Waals surface area contributed by atoms with Crippen LogP contribution in [0.25, 0.3) is 11.0 Å². The van der Waals surface area contributed by atoms with Crippen LogP contribution in [-0.4, -0.2) is 23.9 Å². The van der Waals surface area contributed by atoms with Crippen molar-refractivity contribution >= 4 is 22.6 Å². The second-order valence-corrected chi connectivity index (χ2v) is 4.38. The van der Waals surface area contributed by atoms with Gasteiger partial charge in [0.1, 0.15) is 5.58 Å². The van der Waals surface area contributed by atoms with Gasteiger partial charge >= 0.3 is 6.18 Å². The van der Waals surface area contributed by atoms with Gasteiger partial charge in [0.2, 0.25) is 0 Å². The van der Waals surface area contributed by atoms with E-state index < -0.39 is 18.8 Å². The first-order valence-electron chi connectivity index (χ1n) is 5.51. The molecular formula is C12H11ClF3NO2. The summed E-state index contributed by atoms with van der Waals surface area (Å²) >= 11 is 5.88. The molecule has 0 fully saturated rings. The van der Waals surface area contributed by atoms with Crippen molar-refractivity contribution in [1.29, 1.82) is 0 Å². The lowest BCUT2D eigenvalue weighted by Gasteiger charge is -2.14. The van der Waals surface area contributed by atoms with Gasteiger partial charge < -0.3 is 14.8 Å². The lowest BCUT2D eigenvalue weighted by molar-refractivity contribution is -0.201. The van der Waals surface area contributed by atoms with E-state index in [2.05, 4.69) is 5.32 Å². The highest BCUT2D eigenvalue weighted by molar-refractivity contribution is 6.30. The van der Waals surface area contributed by atoms with Crippen LogP contribution in [0.5, 0.6) is 0 Å². The number of hydrogen-bond donors (Lipinski definition) is 2. The Hall–Kier alpha value is -1.24. The topological polar surface area (TPSA) is 45.4 Å². The zero-order chi connectivity index (χ0) is 14.0. The summed E-state index contributed by atoms with van der Waals surface area (Å²) in [5.74, 6) is 0. The molecule has 0 amide bonds. The molecule has 0 radical (unpaired) electrons. The maximum atomic E-state index is 12.1. The lowest BCUT2D eigenvalue weighted by Crippen LogP contribution is -2.38. The Bertz CT molecular complexity index is 568. The van der Waals surface area contributed by atoms with Crippen molar-refractivity contribution in [2.75, 3.05) is 6.54 Å². The quantitative estimate of drug-likeness (QED) is 0.910. The van der Waals surface area contributed by atoms with E-state index in [-0.39, 0.29) is 11.8 Å². The van der Waals surface area contributed by atoms with Crippen LogP contribution in [0.3, 0.4) is 0 Å². The molecule has 1 unspecified atom stereocenters. The van der Waals surface area contributed by atoms with Crippen molar-refractivity contribution in [1.82, 2.24) is 5.32 Å². The Morgan fingerprint density at radius 1 is 1.32 bits per heavy atom. The number of aliphatic hydroxyl groups is 1. The van der Waals surface area contributed by atoms with E-state index in [4.69, 9.17) is 21.1 Å². The molecular weight excluding hydrogens is 283 g/mol. The molecule has 0 aliphatic carbocycles. The minimum absolute atomic E-state index is 0.0863. The van der Waals surface area contributed by atoms with E-state index in [0.717, 1.165) is 5.39 Å². The molecule has 2 rings (SSSR count). The van der Waals surface area contributed by atoms with E-state index in [1.165, 1.54) is 0 Å². The van der Waals surface area contributed by atoms with E-state index >= 15 is 0 Å². The highest BCUT2D eigenvalue weighted by Gasteiger charge is 2.37. The standard InChI is InChI=1S/C12H11ClF3NO2/c13-11-8(5-17-6-10(18)12(14,15)16)7-3-1-2-4-9(7)19-11/h1-4,10,17-18H,5-6H2. The maximum absolute atomic E-state index is 12.1. The molecule has 0 saturated heterocycles. The minimum atomic E-state index is -4.63. The molecule has 1 atom stereocenters. The fourth-order valence-electron chi connectivity index (χ4n) is 1.68. The van der Waals surface area contributed by atoms with E-state index in [9.17, 15) is 13.2 Å². The smallest absolute Gasteiger partial charge is 0.415 e. The van der Waals surface area contributed by atoms with Crippen LogP contribution in [0.15, 0.2) is 28.7 Å². The molecule has 0 saturated carbocycles. The summed E-state index contributed by atoms with van der Waals surface area (Å²) in [6.45, 7) is -0.512. The van der Waals surface area contributed by atoms with Crippen LogP contribution in [0.4, 0.5) is 13.2 Å². The zero-order valence-electron chi connectivity index (χ0n) is 9.67. The zero-order valence-corrected chi connectivity index (χ0v) is 10.4. The van der Waals surface area contributed by atoms with E-state index in [1.54, 1.807) is 24.3 Å². The average molecular weight is 294 g/mol. The molecule has 1 heterocycles. The number of halogens is 4. The lowest BCUT2D eigenvalue weighted by atomic mass is 10.2. The molecule has 19 heavy (non-hydrogen) atoms. The molecule has 0 bridgehead atoms. The Kier molecular flexibility index (Phi) is 4.03. The van der Waals surface area contributed by atoms with Crippen LogP contribution in [0, 0.1) is 0 Å². The summed E-state index contributed by atoms with van der Waals surface area (Å²) in [6, 6.07) is 7.03. The molecule has 0 spiro atoms. The molecule has 7 heteroatoms. The van der Waals surface area contributed by atoms with Gasteiger partial charge in [-0.15, -0.1) is 0 Å². The summed E-state index contributed by atoms with van der Waals surface area (Å²) in [5, 5.41) is 12.2. The molecule has 0 aliphatic rings. The van der Waals surface area contributed by atoms with Crippen LogP contribution in [-0.2, 0) is 6.54 Å². The van der Waals surface area contributed by atoms with Crippen LogP contribution >= 0.6 is 11.6 Å². The van der Waals surface area contributed by atoms with Crippen LogP contribution < -0.4 is 5.32 Å². The largest absolute Gasteiger partial charge is 0.444 e. The number of para-hydroxylation sites is 1. The predicted molar refractivity (Wildman–Crippen MR) is 65.0 cm³/mol. The van der Waals surface area contributed by atoms with Gasteiger partial charge in [-0.05, 0) is 17.7 Å². The summed E-state index contributed by atoms with van der Waals surface area (Å²) < 4.78 is 41.6. The first-order valence-corrected chi connectivity index (χ1v) is 5.89. The molecule has 3 nitrogen and oxygen atoms in total. The Labute approximate surface area is 112 Å². The average Bonchev–Trinajstić information content (AvgIpc) is 2.64. The first kappa shape index (κ1) is 14.2. The van der Waals surface area contributed by atoms with Gasteiger partial charge in [-0.1, -0.05) is 18.2 Å². The highest BCUT2D eigenvalue weighted by atomic mass is 35.5. The fourth-order valence-corrected chi connectivity index (χ4v) is 1.94. The summed E-state index contributed by atoms with van der Waals surface area (Å²) in [6.07, 6.45) is -7.03. The normalized spacial score (nSPS) is 13.9. The van der Waals surface area contributed by atoms with Crippen molar-refractivity contribution < 1.29 is 22.7 Å². The molecule has 1 aromatic heterocycles. The highest BCUT2D eigenvalue weighted by Crippen LogP contribution is 2.29. The fraction of sp³-hybridized carbons (Fsp3) is 0.333. The monoisotopic (exact) mass is 293 g/mol. The van der Waals surface area contributed by atoms with E-state index in [1.807, 2.05) is 0 Å². The Morgan fingerprint density at radius 3 is 2.68 bits per heavy atom. The van der Waals surface area contributed by atoms with E-state index in [0.29, 0.717) is 11.1 Å².